The van der Waals surface area contributed by atoms with Gasteiger partial charge in [0.2, 0.25) is 0 Å². The molecule has 4 aromatic rings. The number of imidazole rings is 1. The summed E-state index contributed by atoms with van der Waals surface area (Å²) in [5.41, 5.74) is 1.47. The minimum atomic E-state index is -0.0410. The van der Waals surface area contributed by atoms with Gasteiger partial charge in [-0.2, -0.15) is 0 Å². The van der Waals surface area contributed by atoms with Gasteiger partial charge in [-0.05, 0) is 55.5 Å². The van der Waals surface area contributed by atoms with Crippen LogP contribution in [-0.2, 0) is 6.54 Å². The number of hydrogen-bond donors (Lipinski definition) is 0. The predicted molar refractivity (Wildman–Crippen MR) is 132 cm³/mol. The van der Waals surface area contributed by atoms with Crippen molar-refractivity contribution in [3.8, 4) is 5.75 Å². The molecule has 32 heavy (non-hydrogen) atoms. The summed E-state index contributed by atoms with van der Waals surface area (Å²) >= 11 is 3.28. The summed E-state index contributed by atoms with van der Waals surface area (Å²) in [6, 6.07) is 13.7. The maximum absolute atomic E-state index is 13.5. The van der Waals surface area contributed by atoms with Gasteiger partial charge in [0.15, 0.2) is 5.13 Å². The fourth-order valence-corrected chi connectivity index (χ4v) is 5.10. The van der Waals surface area contributed by atoms with E-state index in [0.717, 1.165) is 39.6 Å². The summed E-state index contributed by atoms with van der Waals surface area (Å²) in [7, 11) is 0. The number of anilines is 1. The Bertz CT molecular complexity index is 1160. The molecule has 2 heterocycles. The lowest BCUT2D eigenvalue weighted by Gasteiger charge is -2.20. The van der Waals surface area contributed by atoms with Crippen LogP contribution in [0.25, 0.3) is 10.2 Å². The van der Waals surface area contributed by atoms with Gasteiger partial charge < -0.3 is 9.30 Å². The third-order valence-corrected chi connectivity index (χ3v) is 6.85. The first-order chi connectivity index (χ1) is 15.7. The summed E-state index contributed by atoms with van der Waals surface area (Å²) in [5, 5.41) is 0.690. The van der Waals surface area contributed by atoms with Crippen molar-refractivity contribution in [2.24, 2.45) is 0 Å². The molecule has 2 aromatic carbocycles. The standard InChI is InChI=1S/C24H26N4O2S2/c1-3-30-20-7-5-8-21-22(20)26-24(32-21)28(15-6-14-27-16-13-25-17-27)23(29)18-9-11-19(12-10-18)31-4-2/h5,7-13,16-17H,3-4,6,14-15H2,1-2H3. The van der Waals surface area contributed by atoms with Crippen LogP contribution < -0.4 is 9.64 Å². The number of aryl methyl sites for hydroxylation is 1. The number of nitrogens with zero attached hydrogens (tertiary/aromatic N) is 4. The van der Waals surface area contributed by atoms with E-state index in [4.69, 9.17) is 9.72 Å². The van der Waals surface area contributed by atoms with E-state index in [9.17, 15) is 4.79 Å². The van der Waals surface area contributed by atoms with E-state index in [1.807, 2.05) is 60.2 Å². The molecule has 2 aromatic heterocycles. The quantitative estimate of drug-likeness (QED) is 0.279. The normalized spacial score (nSPS) is 11.1. The number of ether oxygens (including phenoxy) is 1. The molecule has 6 nitrogen and oxygen atoms in total. The molecule has 0 saturated heterocycles. The fourth-order valence-electron chi connectivity index (χ4n) is 3.43. The minimum Gasteiger partial charge on any atom is -0.492 e. The molecule has 0 N–H and O–H groups in total. The maximum atomic E-state index is 13.5. The highest BCUT2D eigenvalue weighted by molar-refractivity contribution is 7.99. The van der Waals surface area contributed by atoms with Crippen molar-refractivity contribution in [3.05, 3.63) is 66.7 Å². The second kappa shape index (κ2) is 10.7. The average Bonchev–Trinajstić information content (AvgIpc) is 3.48. The summed E-state index contributed by atoms with van der Waals surface area (Å²) in [6.07, 6.45) is 6.28. The third-order valence-electron chi connectivity index (χ3n) is 4.92. The summed E-state index contributed by atoms with van der Waals surface area (Å²) in [5.74, 6) is 1.71. The number of carbonyl (C=O) groups is 1. The van der Waals surface area contributed by atoms with E-state index in [0.29, 0.717) is 23.8 Å². The molecule has 1 amide bonds. The minimum absolute atomic E-state index is 0.0410. The van der Waals surface area contributed by atoms with Gasteiger partial charge in [0.25, 0.3) is 5.91 Å². The Hall–Kier alpha value is -2.84. The van der Waals surface area contributed by atoms with E-state index in [1.54, 1.807) is 29.2 Å². The number of thiazole rings is 1. The smallest absolute Gasteiger partial charge is 0.260 e. The van der Waals surface area contributed by atoms with Crippen LogP contribution in [0.4, 0.5) is 5.13 Å². The molecule has 0 aliphatic carbocycles. The predicted octanol–water partition coefficient (Wildman–Crippen LogP) is 5.74. The number of aromatic nitrogens is 3. The van der Waals surface area contributed by atoms with Crippen molar-refractivity contribution in [2.45, 2.75) is 31.7 Å². The van der Waals surface area contributed by atoms with Crippen LogP contribution >= 0.6 is 23.1 Å². The van der Waals surface area contributed by atoms with Crippen molar-refractivity contribution in [1.82, 2.24) is 14.5 Å². The first-order valence-corrected chi connectivity index (χ1v) is 12.5. The second-order valence-corrected chi connectivity index (χ2v) is 9.45. The third kappa shape index (κ3) is 5.14. The molecule has 0 saturated carbocycles. The number of benzene rings is 2. The zero-order chi connectivity index (χ0) is 22.3. The van der Waals surface area contributed by atoms with Crippen LogP contribution in [0.1, 0.15) is 30.6 Å². The van der Waals surface area contributed by atoms with Gasteiger partial charge in [0, 0.05) is 35.9 Å². The highest BCUT2D eigenvalue weighted by Crippen LogP contribution is 2.35. The van der Waals surface area contributed by atoms with Gasteiger partial charge in [0.1, 0.15) is 11.3 Å². The topological polar surface area (TPSA) is 60.2 Å². The molecule has 0 bridgehead atoms. The Morgan fingerprint density at radius 3 is 2.75 bits per heavy atom. The molecule has 0 radical (unpaired) electrons. The van der Waals surface area contributed by atoms with Crippen molar-refractivity contribution in [3.63, 3.8) is 0 Å². The van der Waals surface area contributed by atoms with Crippen LogP contribution in [0, 0.1) is 0 Å². The van der Waals surface area contributed by atoms with E-state index in [2.05, 4.69) is 11.9 Å². The number of rotatable bonds is 10. The number of thioether (sulfide) groups is 1. The van der Waals surface area contributed by atoms with E-state index >= 15 is 0 Å². The maximum Gasteiger partial charge on any atom is 0.260 e. The molecule has 8 heteroatoms. The van der Waals surface area contributed by atoms with Crippen molar-refractivity contribution in [1.29, 1.82) is 0 Å². The number of fused-ring (bicyclic) bond motifs is 1. The largest absolute Gasteiger partial charge is 0.492 e. The molecule has 0 aliphatic heterocycles. The van der Waals surface area contributed by atoms with Crippen LogP contribution in [0.2, 0.25) is 0 Å². The second-order valence-electron chi connectivity index (χ2n) is 7.10. The number of hydrogen-bond acceptors (Lipinski definition) is 6. The molecule has 0 unspecified atom stereocenters. The van der Waals surface area contributed by atoms with Gasteiger partial charge in [-0.3, -0.25) is 9.69 Å². The molecular weight excluding hydrogens is 440 g/mol. The summed E-state index contributed by atoms with van der Waals surface area (Å²) < 4.78 is 8.78. The SMILES string of the molecule is CCOc1cccc2sc(N(CCCn3ccnc3)C(=O)c3ccc(SCC)cc3)nc12. The average molecular weight is 467 g/mol. The van der Waals surface area contributed by atoms with E-state index < -0.39 is 0 Å². The summed E-state index contributed by atoms with van der Waals surface area (Å²) in [4.78, 5) is 25.4. The Morgan fingerprint density at radius 2 is 2.03 bits per heavy atom. The lowest BCUT2D eigenvalue weighted by Crippen LogP contribution is -2.32. The van der Waals surface area contributed by atoms with Crippen LogP contribution in [-0.4, -0.2) is 39.3 Å². The van der Waals surface area contributed by atoms with Crippen molar-refractivity contribution >= 4 is 44.4 Å². The van der Waals surface area contributed by atoms with Gasteiger partial charge in [-0.1, -0.05) is 24.3 Å². The van der Waals surface area contributed by atoms with Gasteiger partial charge in [-0.15, -0.1) is 11.8 Å². The van der Waals surface area contributed by atoms with Crippen molar-refractivity contribution < 1.29 is 9.53 Å². The molecule has 166 valence electrons. The molecule has 0 fully saturated rings. The van der Waals surface area contributed by atoms with E-state index in [-0.39, 0.29) is 5.91 Å². The monoisotopic (exact) mass is 466 g/mol. The Labute approximate surface area is 196 Å². The molecule has 4 rings (SSSR count). The lowest BCUT2D eigenvalue weighted by molar-refractivity contribution is 0.0986. The highest BCUT2D eigenvalue weighted by Gasteiger charge is 2.22. The van der Waals surface area contributed by atoms with E-state index in [1.165, 1.54) is 11.3 Å². The van der Waals surface area contributed by atoms with Crippen LogP contribution in [0.15, 0.2) is 66.1 Å². The zero-order valence-electron chi connectivity index (χ0n) is 18.2. The molecule has 0 atom stereocenters. The molecule has 0 spiro atoms. The zero-order valence-corrected chi connectivity index (χ0v) is 19.9. The Balaban J connectivity index is 1.62. The first kappa shape index (κ1) is 22.4. The molecule has 0 aliphatic rings. The lowest BCUT2D eigenvalue weighted by atomic mass is 10.2. The number of amides is 1. The van der Waals surface area contributed by atoms with Crippen LogP contribution in [0.5, 0.6) is 5.75 Å². The van der Waals surface area contributed by atoms with Crippen molar-refractivity contribution in [2.75, 3.05) is 23.8 Å². The number of carbonyl (C=O) groups excluding carboxylic acids is 1. The Kier molecular flexibility index (Phi) is 7.44. The van der Waals surface area contributed by atoms with Crippen LogP contribution in [0.3, 0.4) is 0 Å². The first-order valence-electron chi connectivity index (χ1n) is 10.7. The highest BCUT2D eigenvalue weighted by atomic mass is 32.2. The fraction of sp³-hybridized carbons (Fsp3) is 0.292. The Morgan fingerprint density at radius 1 is 1.19 bits per heavy atom. The number of para-hydroxylation sites is 1. The van der Waals surface area contributed by atoms with Gasteiger partial charge >= 0.3 is 0 Å². The van der Waals surface area contributed by atoms with Gasteiger partial charge in [-0.25, -0.2) is 9.97 Å². The summed E-state index contributed by atoms with van der Waals surface area (Å²) in [6.45, 7) is 5.99. The van der Waals surface area contributed by atoms with Gasteiger partial charge in [0.05, 0.1) is 17.6 Å². The molecular formula is C24H26N4O2S2.